The molecule has 0 heterocycles. The van der Waals surface area contributed by atoms with Crippen molar-refractivity contribution in [3.8, 4) is 0 Å². The number of esters is 2. The Bertz CT molecular complexity index is 264. The van der Waals surface area contributed by atoms with Crippen molar-refractivity contribution in [2.45, 2.75) is 25.7 Å². The smallest absolute Gasteiger partial charge is 0.323 e. The van der Waals surface area contributed by atoms with Gasteiger partial charge in [-0.3, -0.25) is 9.59 Å². The largest absolute Gasteiger partial charge is 0.468 e. The second kappa shape index (κ2) is 2.72. The molecule has 1 spiro atoms. The first-order valence-corrected chi connectivity index (χ1v) is 4.75. The lowest BCUT2D eigenvalue weighted by molar-refractivity contribution is -0.182. The number of ether oxygens (including phenoxy) is 2. The van der Waals surface area contributed by atoms with E-state index in [0.29, 0.717) is 12.8 Å². The van der Waals surface area contributed by atoms with Gasteiger partial charge in [0.1, 0.15) is 0 Å². The number of hydrogen-bond donors (Lipinski definition) is 0. The molecule has 2 fully saturated rings. The molecule has 0 aromatic carbocycles. The van der Waals surface area contributed by atoms with E-state index in [4.69, 9.17) is 0 Å². The van der Waals surface area contributed by atoms with Crippen LogP contribution in [0.5, 0.6) is 0 Å². The zero-order valence-electron chi connectivity index (χ0n) is 8.46. The Labute approximate surface area is 82.6 Å². The Kier molecular flexibility index (Phi) is 1.84. The highest BCUT2D eigenvalue weighted by atomic mass is 16.5. The molecule has 0 aliphatic heterocycles. The van der Waals surface area contributed by atoms with Crippen LogP contribution in [0.25, 0.3) is 0 Å². The molecule has 0 amide bonds. The molecule has 2 rings (SSSR count). The fourth-order valence-electron chi connectivity index (χ4n) is 2.52. The number of methoxy groups -OCH3 is 2. The van der Waals surface area contributed by atoms with Crippen LogP contribution < -0.4 is 0 Å². The van der Waals surface area contributed by atoms with Crippen molar-refractivity contribution in [2.75, 3.05) is 14.2 Å². The SMILES string of the molecule is COC(=O)C1(C(=O)OC)CC2(CC2)C1. The summed E-state index contributed by atoms with van der Waals surface area (Å²) in [5, 5.41) is 0. The maximum Gasteiger partial charge on any atom is 0.323 e. The average Bonchev–Trinajstić information content (AvgIpc) is 2.92. The average molecular weight is 198 g/mol. The van der Waals surface area contributed by atoms with Crippen LogP contribution in [0.2, 0.25) is 0 Å². The molecule has 4 heteroatoms. The van der Waals surface area contributed by atoms with Crippen molar-refractivity contribution < 1.29 is 19.1 Å². The van der Waals surface area contributed by atoms with Crippen LogP contribution in [0.15, 0.2) is 0 Å². The molecule has 0 aromatic heterocycles. The lowest BCUT2D eigenvalue weighted by Crippen LogP contribution is -2.52. The highest BCUT2D eigenvalue weighted by Gasteiger charge is 2.69. The molecular formula is C10H14O4. The summed E-state index contributed by atoms with van der Waals surface area (Å²) in [4.78, 5) is 23.0. The van der Waals surface area contributed by atoms with Crippen molar-refractivity contribution in [3.05, 3.63) is 0 Å². The summed E-state index contributed by atoms with van der Waals surface area (Å²) >= 11 is 0. The van der Waals surface area contributed by atoms with Gasteiger partial charge in [-0.05, 0) is 31.1 Å². The minimum atomic E-state index is -0.986. The van der Waals surface area contributed by atoms with E-state index in [1.165, 1.54) is 14.2 Å². The van der Waals surface area contributed by atoms with Gasteiger partial charge in [-0.15, -0.1) is 0 Å². The van der Waals surface area contributed by atoms with E-state index in [2.05, 4.69) is 9.47 Å². The van der Waals surface area contributed by atoms with Gasteiger partial charge in [-0.25, -0.2) is 0 Å². The van der Waals surface area contributed by atoms with Crippen LogP contribution in [-0.4, -0.2) is 26.2 Å². The first-order chi connectivity index (χ1) is 6.58. The maximum absolute atomic E-state index is 11.5. The van der Waals surface area contributed by atoms with Crippen LogP contribution in [-0.2, 0) is 19.1 Å². The summed E-state index contributed by atoms with van der Waals surface area (Å²) < 4.78 is 9.32. The highest BCUT2D eigenvalue weighted by Crippen LogP contribution is 2.69. The number of carbonyl (C=O) groups is 2. The zero-order valence-corrected chi connectivity index (χ0v) is 8.46. The molecule has 4 nitrogen and oxygen atoms in total. The minimum Gasteiger partial charge on any atom is -0.468 e. The van der Waals surface area contributed by atoms with E-state index in [1.54, 1.807) is 0 Å². The van der Waals surface area contributed by atoms with E-state index in [1.807, 2.05) is 0 Å². The third kappa shape index (κ3) is 1.06. The number of rotatable bonds is 2. The molecule has 2 aliphatic carbocycles. The predicted molar refractivity (Wildman–Crippen MR) is 47.4 cm³/mol. The third-order valence-electron chi connectivity index (χ3n) is 3.46. The second-order valence-electron chi connectivity index (χ2n) is 4.42. The molecule has 0 atom stereocenters. The van der Waals surface area contributed by atoms with Crippen molar-refractivity contribution in [3.63, 3.8) is 0 Å². The van der Waals surface area contributed by atoms with Crippen molar-refractivity contribution in [1.29, 1.82) is 0 Å². The van der Waals surface area contributed by atoms with Crippen molar-refractivity contribution in [1.82, 2.24) is 0 Å². The fourth-order valence-corrected chi connectivity index (χ4v) is 2.52. The number of hydrogen-bond acceptors (Lipinski definition) is 4. The Morgan fingerprint density at radius 1 is 1.00 bits per heavy atom. The lowest BCUT2D eigenvalue weighted by atomic mass is 9.59. The first kappa shape index (κ1) is 9.49. The maximum atomic E-state index is 11.5. The first-order valence-electron chi connectivity index (χ1n) is 4.75. The molecular weight excluding hydrogens is 184 g/mol. The van der Waals surface area contributed by atoms with Gasteiger partial charge in [0, 0.05) is 0 Å². The van der Waals surface area contributed by atoms with Crippen LogP contribution in [0.4, 0.5) is 0 Å². The minimum absolute atomic E-state index is 0.266. The third-order valence-corrected chi connectivity index (χ3v) is 3.46. The number of carbonyl (C=O) groups excluding carboxylic acids is 2. The summed E-state index contributed by atoms with van der Waals surface area (Å²) in [5.74, 6) is -0.885. The van der Waals surface area contributed by atoms with E-state index in [9.17, 15) is 9.59 Å². The normalized spacial score (nSPS) is 25.0. The second-order valence-corrected chi connectivity index (χ2v) is 4.42. The van der Waals surface area contributed by atoms with Gasteiger partial charge in [0.2, 0.25) is 0 Å². The molecule has 0 saturated heterocycles. The van der Waals surface area contributed by atoms with E-state index in [-0.39, 0.29) is 5.41 Å². The monoisotopic (exact) mass is 198 g/mol. The van der Waals surface area contributed by atoms with E-state index < -0.39 is 17.4 Å². The quantitative estimate of drug-likeness (QED) is 0.488. The van der Waals surface area contributed by atoms with Crippen molar-refractivity contribution >= 4 is 11.9 Å². The fraction of sp³-hybridized carbons (Fsp3) is 0.800. The van der Waals surface area contributed by atoms with Gasteiger partial charge in [0.15, 0.2) is 5.41 Å². The molecule has 0 aromatic rings. The van der Waals surface area contributed by atoms with Gasteiger partial charge in [-0.2, -0.15) is 0 Å². The summed E-state index contributed by atoms with van der Waals surface area (Å²) in [6.07, 6.45) is 3.48. The predicted octanol–water partition coefficient (Wildman–Crippen LogP) is 0.893. The molecule has 0 radical (unpaired) electrons. The Morgan fingerprint density at radius 2 is 1.43 bits per heavy atom. The van der Waals surface area contributed by atoms with Gasteiger partial charge in [0.25, 0.3) is 0 Å². The zero-order chi connectivity index (χ0) is 10.4. The van der Waals surface area contributed by atoms with Crippen LogP contribution in [0.3, 0.4) is 0 Å². The topological polar surface area (TPSA) is 52.6 Å². The van der Waals surface area contributed by atoms with Crippen LogP contribution in [0.1, 0.15) is 25.7 Å². The summed E-state index contributed by atoms with van der Waals surface area (Å²) in [6.45, 7) is 0. The van der Waals surface area contributed by atoms with Gasteiger partial charge < -0.3 is 9.47 Å². The van der Waals surface area contributed by atoms with E-state index >= 15 is 0 Å². The molecule has 2 saturated carbocycles. The summed E-state index contributed by atoms with van der Waals surface area (Å²) in [7, 11) is 2.62. The molecule has 2 aliphatic rings. The standard InChI is InChI=1S/C10H14O4/c1-13-7(11)10(8(12)14-2)5-9(6-10)3-4-9/h3-6H2,1-2H3. The van der Waals surface area contributed by atoms with E-state index in [0.717, 1.165) is 12.8 Å². The Morgan fingerprint density at radius 3 is 1.71 bits per heavy atom. The highest BCUT2D eigenvalue weighted by molar-refractivity contribution is 6.01. The lowest BCUT2D eigenvalue weighted by Gasteiger charge is -2.43. The Hall–Kier alpha value is -1.06. The summed E-state index contributed by atoms with van der Waals surface area (Å²) in [6, 6.07) is 0. The molecule has 14 heavy (non-hydrogen) atoms. The Balaban J connectivity index is 2.15. The van der Waals surface area contributed by atoms with Gasteiger partial charge in [-0.1, -0.05) is 0 Å². The molecule has 78 valence electrons. The van der Waals surface area contributed by atoms with Crippen LogP contribution >= 0.6 is 0 Å². The van der Waals surface area contributed by atoms with Gasteiger partial charge in [0.05, 0.1) is 14.2 Å². The van der Waals surface area contributed by atoms with Crippen molar-refractivity contribution in [2.24, 2.45) is 10.8 Å². The summed E-state index contributed by atoms with van der Waals surface area (Å²) in [5.41, 5.74) is -0.720. The molecule has 0 bridgehead atoms. The van der Waals surface area contributed by atoms with Crippen LogP contribution in [0, 0.1) is 10.8 Å². The van der Waals surface area contributed by atoms with Gasteiger partial charge >= 0.3 is 11.9 Å². The molecule has 0 N–H and O–H groups in total. The molecule has 0 unspecified atom stereocenters.